The number of hydrogen-bond donors (Lipinski definition) is 0. The Kier molecular flexibility index (Phi) is 3.32. The minimum Gasteiger partial charge on any atom is -0.243 e. The Morgan fingerprint density at radius 3 is 2.65 bits per heavy atom. The fourth-order valence-electron chi connectivity index (χ4n) is 1.21. The fraction of sp³-hybridized carbons (Fsp3) is 0.111. The van der Waals surface area contributed by atoms with Crippen molar-refractivity contribution in [2.45, 2.75) is 4.90 Å². The topological polar surface area (TPSA) is 63.2 Å². The van der Waals surface area contributed by atoms with E-state index in [1.54, 1.807) is 12.1 Å². The van der Waals surface area contributed by atoms with Crippen LogP contribution in [0.3, 0.4) is 0 Å². The molecule has 5 nitrogen and oxygen atoms in total. The Hall–Kier alpha value is -1.18. The number of aromatic nitrogens is 2. The molecule has 0 amide bonds. The van der Waals surface area contributed by atoms with Gasteiger partial charge in [0.05, 0.1) is 5.02 Å². The average molecular weight is 290 g/mol. The van der Waals surface area contributed by atoms with Crippen LogP contribution in [0.25, 0.3) is 0 Å². The molecule has 1 aromatic heterocycles. The van der Waals surface area contributed by atoms with E-state index in [1.165, 1.54) is 24.7 Å². The molecule has 0 aliphatic rings. The average Bonchev–Trinajstić information content (AvgIpc) is 2.81. The van der Waals surface area contributed by atoms with Gasteiger partial charge in [0.2, 0.25) is 5.13 Å². The third kappa shape index (κ3) is 2.26. The molecule has 0 bridgehead atoms. The molecular formula is C9H8ClN3O2S2. The van der Waals surface area contributed by atoms with E-state index in [-0.39, 0.29) is 9.92 Å². The third-order valence-electron chi connectivity index (χ3n) is 2.09. The molecule has 0 aliphatic heterocycles. The van der Waals surface area contributed by atoms with Crippen LogP contribution >= 0.6 is 22.9 Å². The van der Waals surface area contributed by atoms with E-state index in [4.69, 9.17) is 11.6 Å². The second-order valence-corrected chi connectivity index (χ2v) is 6.28. The molecule has 0 saturated heterocycles. The molecule has 90 valence electrons. The third-order valence-corrected chi connectivity index (χ3v) is 5.22. The maximum absolute atomic E-state index is 12.2. The van der Waals surface area contributed by atoms with Crippen LogP contribution in [0.4, 0.5) is 5.13 Å². The highest BCUT2D eigenvalue weighted by Gasteiger charge is 2.25. The second-order valence-electron chi connectivity index (χ2n) is 3.12. The van der Waals surface area contributed by atoms with E-state index in [9.17, 15) is 8.42 Å². The van der Waals surface area contributed by atoms with Crippen LogP contribution in [0.15, 0.2) is 34.7 Å². The first-order chi connectivity index (χ1) is 8.03. The molecular weight excluding hydrogens is 282 g/mol. The molecule has 0 fully saturated rings. The van der Waals surface area contributed by atoms with Gasteiger partial charge in [0.15, 0.2) is 0 Å². The lowest BCUT2D eigenvalue weighted by Gasteiger charge is -2.16. The lowest BCUT2D eigenvalue weighted by molar-refractivity contribution is 0.594. The van der Waals surface area contributed by atoms with Gasteiger partial charge in [-0.05, 0) is 12.1 Å². The van der Waals surface area contributed by atoms with Gasteiger partial charge in [-0.15, -0.1) is 10.2 Å². The standard InChI is InChI=1S/C9H8ClN3O2S2/c1-13(9-12-11-6-16-9)17(14,15)8-5-3-2-4-7(8)10/h2-6H,1H3. The van der Waals surface area contributed by atoms with Crippen LogP contribution in [0, 0.1) is 0 Å². The summed E-state index contributed by atoms with van der Waals surface area (Å²) in [6.07, 6.45) is 0. The highest BCUT2D eigenvalue weighted by molar-refractivity contribution is 7.93. The summed E-state index contributed by atoms with van der Waals surface area (Å²) >= 11 is 7.02. The zero-order valence-electron chi connectivity index (χ0n) is 8.74. The van der Waals surface area contributed by atoms with Crippen LogP contribution in [-0.2, 0) is 10.0 Å². The first-order valence-corrected chi connectivity index (χ1v) is 7.23. The Bertz CT molecular complexity index is 613. The van der Waals surface area contributed by atoms with Gasteiger partial charge in [0.25, 0.3) is 10.0 Å². The van der Waals surface area contributed by atoms with Crippen molar-refractivity contribution in [3.63, 3.8) is 0 Å². The molecule has 0 N–H and O–H groups in total. The highest BCUT2D eigenvalue weighted by atomic mass is 35.5. The van der Waals surface area contributed by atoms with Crippen LogP contribution in [-0.4, -0.2) is 25.7 Å². The highest BCUT2D eigenvalue weighted by Crippen LogP contribution is 2.27. The zero-order valence-corrected chi connectivity index (χ0v) is 11.1. The maximum atomic E-state index is 12.2. The lowest BCUT2D eigenvalue weighted by atomic mass is 10.4. The Morgan fingerprint density at radius 1 is 1.35 bits per heavy atom. The van der Waals surface area contributed by atoms with Gasteiger partial charge in [-0.2, -0.15) is 0 Å². The Labute approximate surface area is 108 Å². The number of halogens is 1. The predicted molar refractivity (Wildman–Crippen MR) is 66.9 cm³/mol. The minimum absolute atomic E-state index is 0.0550. The van der Waals surface area contributed by atoms with Crippen molar-refractivity contribution in [1.29, 1.82) is 0 Å². The molecule has 0 unspecified atom stereocenters. The quantitative estimate of drug-likeness (QED) is 0.867. The van der Waals surface area contributed by atoms with Crippen molar-refractivity contribution in [3.05, 3.63) is 34.8 Å². The molecule has 0 atom stereocenters. The molecule has 0 saturated carbocycles. The van der Waals surface area contributed by atoms with Gasteiger partial charge >= 0.3 is 0 Å². The van der Waals surface area contributed by atoms with E-state index in [0.29, 0.717) is 5.13 Å². The zero-order chi connectivity index (χ0) is 12.5. The molecule has 2 rings (SSSR count). The van der Waals surface area contributed by atoms with E-state index >= 15 is 0 Å². The number of sulfonamides is 1. The van der Waals surface area contributed by atoms with Crippen molar-refractivity contribution in [1.82, 2.24) is 10.2 Å². The summed E-state index contributed by atoms with van der Waals surface area (Å²) in [7, 11) is -2.27. The molecule has 8 heteroatoms. The number of anilines is 1. The van der Waals surface area contributed by atoms with Gasteiger partial charge in [-0.3, -0.25) is 0 Å². The van der Waals surface area contributed by atoms with Crippen LogP contribution in [0.1, 0.15) is 0 Å². The van der Waals surface area contributed by atoms with Gasteiger partial charge in [0, 0.05) is 7.05 Å². The Balaban J connectivity index is 2.48. The normalized spacial score (nSPS) is 11.4. The summed E-state index contributed by atoms with van der Waals surface area (Å²) < 4.78 is 25.5. The first-order valence-electron chi connectivity index (χ1n) is 4.53. The summed E-state index contributed by atoms with van der Waals surface area (Å²) in [5.41, 5.74) is 1.47. The van der Waals surface area contributed by atoms with Crippen LogP contribution < -0.4 is 4.31 Å². The second kappa shape index (κ2) is 4.59. The maximum Gasteiger partial charge on any atom is 0.267 e. The predicted octanol–water partition coefficient (Wildman–Crippen LogP) is 2.02. The van der Waals surface area contributed by atoms with Crippen molar-refractivity contribution in [2.75, 3.05) is 11.4 Å². The van der Waals surface area contributed by atoms with Crippen molar-refractivity contribution < 1.29 is 8.42 Å². The van der Waals surface area contributed by atoms with Gasteiger partial charge < -0.3 is 0 Å². The minimum atomic E-state index is -3.68. The first kappa shape index (κ1) is 12.3. The van der Waals surface area contributed by atoms with Gasteiger partial charge in [-0.25, -0.2) is 12.7 Å². The smallest absolute Gasteiger partial charge is 0.243 e. The van der Waals surface area contributed by atoms with E-state index < -0.39 is 10.0 Å². The number of rotatable bonds is 3. The van der Waals surface area contributed by atoms with E-state index in [2.05, 4.69) is 10.2 Å². The van der Waals surface area contributed by atoms with E-state index in [1.807, 2.05) is 0 Å². The monoisotopic (exact) mass is 289 g/mol. The van der Waals surface area contributed by atoms with Crippen LogP contribution in [0.5, 0.6) is 0 Å². The summed E-state index contributed by atoms with van der Waals surface area (Å²) in [4.78, 5) is 0.0550. The molecule has 2 aromatic rings. The molecule has 0 spiro atoms. The number of hydrogen-bond acceptors (Lipinski definition) is 5. The molecule has 1 aromatic carbocycles. The van der Waals surface area contributed by atoms with Crippen molar-refractivity contribution in [2.24, 2.45) is 0 Å². The summed E-state index contributed by atoms with van der Waals surface area (Å²) in [5.74, 6) is 0. The van der Waals surface area contributed by atoms with Gasteiger partial charge in [-0.1, -0.05) is 35.1 Å². The molecule has 0 aliphatic carbocycles. The van der Waals surface area contributed by atoms with Crippen LogP contribution in [0.2, 0.25) is 5.02 Å². The largest absolute Gasteiger partial charge is 0.267 e. The van der Waals surface area contributed by atoms with E-state index in [0.717, 1.165) is 15.6 Å². The van der Waals surface area contributed by atoms with Crippen molar-refractivity contribution >= 4 is 38.1 Å². The molecule has 0 radical (unpaired) electrons. The summed E-state index contributed by atoms with van der Waals surface area (Å²) in [6, 6.07) is 6.27. The lowest BCUT2D eigenvalue weighted by Crippen LogP contribution is -2.26. The number of nitrogens with zero attached hydrogens (tertiary/aromatic N) is 3. The fourth-order valence-corrected chi connectivity index (χ4v) is 3.59. The van der Waals surface area contributed by atoms with Crippen molar-refractivity contribution in [3.8, 4) is 0 Å². The molecule has 1 heterocycles. The number of benzene rings is 1. The summed E-state index contributed by atoms with van der Waals surface area (Å²) in [5, 5.41) is 7.79. The SMILES string of the molecule is CN(c1nncs1)S(=O)(=O)c1ccccc1Cl. The van der Waals surface area contributed by atoms with Gasteiger partial charge in [0.1, 0.15) is 10.4 Å². The summed E-state index contributed by atoms with van der Waals surface area (Å²) in [6.45, 7) is 0. The molecule has 17 heavy (non-hydrogen) atoms. The Morgan fingerprint density at radius 2 is 2.06 bits per heavy atom.